The monoisotopic (exact) mass is 212 g/mol. The maximum absolute atomic E-state index is 11.6. The van der Waals surface area contributed by atoms with Crippen LogP contribution in [-0.2, 0) is 4.79 Å². The molecule has 0 aromatic rings. The van der Waals surface area contributed by atoms with Crippen LogP contribution in [0.25, 0.3) is 0 Å². The van der Waals surface area contributed by atoms with Crippen molar-refractivity contribution in [1.29, 1.82) is 0 Å². The van der Waals surface area contributed by atoms with Gasteiger partial charge in [-0.1, -0.05) is 32.1 Å². The SMILES string of the molecule is CC(C)NC1(C(N)=O)CCCCCCC1. The molecule has 1 fully saturated rings. The van der Waals surface area contributed by atoms with Gasteiger partial charge >= 0.3 is 0 Å². The van der Waals surface area contributed by atoms with Crippen molar-refractivity contribution in [3.05, 3.63) is 0 Å². The van der Waals surface area contributed by atoms with E-state index >= 15 is 0 Å². The number of rotatable bonds is 3. The van der Waals surface area contributed by atoms with Gasteiger partial charge in [0.25, 0.3) is 0 Å². The van der Waals surface area contributed by atoms with Crippen LogP contribution in [0, 0.1) is 0 Å². The van der Waals surface area contributed by atoms with E-state index in [1.54, 1.807) is 0 Å². The number of carbonyl (C=O) groups excluding carboxylic acids is 1. The van der Waals surface area contributed by atoms with Crippen LogP contribution in [0.4, 0.5) is 0 Å². The molecule has 1 aliphatic carbocycles. The van der Waals surface area contributed by atoms with Crippen molar-refractivity contribution in [1.82, 2.24) is 5.32 Å². The molecule has 3 N–H and O–H groups in total. The normalized spacial score (nSPS) is 22.1. The molecule has 0 bridgehead atoms. The Kier molecular flexibility index (Phi) is 4.58. The number of hydrogen-bond acceptors (Lipinski definition) is 2. The molecule has 0 aliphatic heterocycles. The fourth-order valence-corrected chi connectivity index (χ4v) is 2.52. The first kappa shape index (κ1) is 12.5. The van der Waals surface area contributed by atoms with E-state index < -0.39 is 5.54 Å². The summed E-state index contributed by atoms with van der Waals surface area (Å²) in [6, 6.07) is 0.317. The standard InChI is InChI=1S/C12H24N2O/c1-10(2)14-12(11(13)15)8-6-4-3-5-7-9-12/h10,14H,3-9H2,1-2H3,(H2,13,15). The minimum atomic E-state index is -0.436. The van der Waals surface area contributed by atoms with Gasteiger partial charge in [0, 0.05) is 6.04 Å². The lowest BCUT2D eigenvalue weighted by Gasteiger charge is -2.35. The van der Waals surface area contributed by atoms with Crippen LogP contribution < -0.4 is 11.1 Å². The van der Waals surface area contributed by atoms with Gasteiger partial charge in [0.15, 0.2) is 0 Å². The average Bonchev–Trinajstić information content (AvgIpc) is 2.08. The van der Waals surface area contributed by atoms with Crippen molar-refractivity contribution in [2.45, 2.75) is 70.4 Å². The fraction of sp³-hybridized carbons (Fsp3) is 0.917. The second kappa shape index (κ2) is 5.50. The predicted molar refractivity (Wildman–Crippen MR) is 62.5 cm³/mol. The molecule has 1 rings (SSSR count). The summed E-state index contributed by atoms with van der Waals surface area (Å²) >= 11 is 0. The van der Waals surface area contributed by atoms with Gasteiger partial charge in [0.05, 0.1) is 5.54 Å². The summed E-state index contributed by atoms with van der Waals surface area (Å²) in [6.07, 6.45) is 7.80. The van der Waals surface area contributed by atoms with Crippen LogP contribution >= 0.6 is 0 Å². The van der Waals surface area contributed by atoms with E-state index in [-0.39, 0.29) is 5.91 Å². The number of amides is 1. The first-order chi connectivity index (χ1) is 7.07. The predicted octanol–water partition coefficient (Wildman–Crippen LogP) is 1.95. The molecule has 0 aromatic carbocycles. The molecule has 0 heterocycles. The van der Waals surface area contributed by atoms with E-state index in [9.17, 15) is 4.79 Å². The van der Waals surface area contributed by atoms with Crippen molar-refractivity contribution in [2.24, 2.45) is 5.73 Å². The summed E-state index contributed by atoms with van der Waals surface area (Å²) in [5, 5.41) is 3.39. The third-order valence-corrected chi connectivity index (χ3v) is 3.24. The second-order valence-electron chi connectivity index (χ2n) is 5.01. The molecule has 1 aliphatic rings. The Balaban J connectivity index is 2.71. The third kappa shape index (κ3) is 3.49. The van der Waals surface area contributed by atoms with Crippen LogP contribution in [0.5, 0.6) is 0 Å². The number of nitrogens with two attached hydrogens (primary N) is 1. The molecular formula is C12H24N2O. The lowest BCUT2D eigenvalue weighted by molar-refractivity contribution is -0.125. The van der Waals surface area contributed by atoms with Crippen molar-refractivity contribution >= 4 is 5.91 Å². The van der Waals surface area contributed by atoms with Gasteiger partial charge in [0.1, 0.15) is 0 Å². The molecule has 15 heavy (non-hydrogen) atoms. The van der Waals surface area contributed by atoms with Crippen molar-refractivity contribution < 1.29 is 4.79 Å². The molecule has 0 aromatic heterocycles. The van der Waals surface area contributed by atoms with Crippen LogP contribution in [-0.4, -0.2) is 17.5 Å². The zero-order valence-corrected chi connectivity index (χ0v) is 10.0. The summed E-state index contributed by atoms with van der Waals surface area (Å²) in [6.45, 7) is 4.15. The lowest BCUT2D eigenvalue weighted by Crippen LogP contribution is -2.57. The van der Waals surface area contributed by atoms with Gasteiger partial charge in [0.2, 0.25) is 5.91 Å². The fourth-order valence-electron chi connectivity index (χ4n) is 2.52. The summed E-state index contributed by atoms with van der Waals surface area (Å²) in [4.78, 5) is 11.6. The van der Waals surface area contributed by atoms with Gasteiger partial charge in [-0.25, -0.2) is 0 Å². The Bertz CT molecular complexity index is 206. The van der Waals surface area contributed by atoms with Gasteiger partial charge in [-0.3, -0.25) is 4.79 Å². The molecule has 0 spiro atoms. The summed E-state index contributed by atoms with van der Waals surface area (Å²) < 4.78 is 0. The van der Waals surface area contributed by atoms with Gasteiger partial charge in [-0.15, -0.1) is 0 Å². The van der Waals surface area contributed by atoms with E-state index in [0.717, 1.165) is 25.7 Å². The van der Waals surface area contributed by atoms with Crippen molar-refractivity contribution in [2.75, 3.05) is 0 Å². The Morgan fingerprint density at radius 2 is 1.60 bits per heavy atom. The Labute approximate surface area is 92.8 Å². The summed E-state index contributed by atoms with van der Waals surface area (Å²) in [5.74, 6) is -0.168. The Morgan fingerprint density at radius 3 is 2.00 bits per heavy atom. The van der Waals surface area contributed by atoms with E-state index in [0.29, 0.717) is 6.04 Å². The maximum Gasteiger partial charge on any atom is 0.237 e. The van der Waals surface area contributed by atoms with Crippen LogP contribution in [0.2, 0.25) is 0 Å². The summed E-state index contributed by atoms with van der Waals surface area (Å²) in [7, 11) is 0. The highest BCUT2D eigenvalue weighted by atomic mass is 16.1. The van der Waals surface area contributed by atoms with Gasteiger partial charge in [-0.05, 0) is 26.7 Å². The van der Waals surface area contributed by atoms with E-state index in [1.165, 1.54) is 19.3 Å². The molecule has 3 heteroatoms. The van der Waals surface area contributed by atoms with Crippen molar-refractivity contribution in [3.8, 4) is 0 Å². The lowest BCUT2D eigenvalue weighted by atomic mass is 9.83. The molecular weight excluding hydrogens is 188 g/mol. The Morgan fingerprint density at radius 1 is 1.13 bits per heavy atom. The van der Waals surface area contributed by atoms with Crippen LogP contribution in [0.3, 0.4) is 0 Å². The average molecular weight is 212 g/mol. The van der Waals surface area contributed by atoms with Gasteiger partial charge in [-0.2, -0.15) is 0 Å². The highest BCUT2D eigenvalue weighted by Gasteiger charge is 2.36. The van der Waals surface area contributed by atoms with E-state index in [4.69, 9.17) is 5.73 Å². The summed E-state index contributed by atoms with van der Waals surface area (Å²) in [5.41, 5.74) is 5.13. The number of carbonyl (C=O) groups is 1. The smallest absolute Gasteiger partial charge is 0.237 e. The molecule has 0 unspecified atom stereocenters. The second-order valence-corrected chi connectivity index (χ2v) is 5.01. The highest BCUT2D eigenvalue weighted by molar-refractivity contribution is 5.84. The zero-order chi connectivity index (χ0) is 11.3. The molecule has 1 saturated carbocycles. The first-order valence-corrected chi connectivity index (χ1v) is 6.14. The van der Waals surface area contributed by atoms with Gasteiger partial charge < -0.3 is 11.1 Å². The third-order valence-electron chi connectivity index (χ3n) is 3.24. The van der Waals surface area contributed by atoms with Crippen LogP contribution in [0.1, 0.15) is 58.8 Å². The Hall–Kier alpha value is -0.570. The quantitative estimate of drug-likeness (QED) is 0.751. The number of nitrogens with one attached hydrogen (secondary N) is 1. The topological polar surface area (TPSA) is 55.1 Å². The van der Waals surface area contributed by atoms with E-state index in [1.807, 2.05) is 0 Å². The molecule has 1 amide bonds. The highest BCUT2D eigenvalue weighted by Crippen LogP contribution is 2.26. The maximum atomic E-state index is 11.6. The molecule has 3 nitrogen and oxygen atoms in total. The minimum absolute atomic E-state index is 0.168. The zero-order valence-electron chi connectivity index (χ0n) is 10.0. The molecule has 0 saturated heterocycles. The number of primary amides is 1. The minimum Gasteiger partial charge on any atom is -0.368 e. The molecule has 88 valence electrons. The number of hydrogen-bond donors (Lipinski definition) is 2. The first-order valence-electron chi connectivity index (χ1n) is 6.14. The van der Waals surface area contributed by atoms with E-state index in [2.05, 4.69) is 19.2 Å². The molecule has 0 atom stereocenters. The van der Waals surface area contributed by atoms with Crippen molar-refractivity contribution in [3.63, 3.8) is 0 Å². The molecule has 0 radical (unpaired) electrons. The largest absolute Gasteiger partial charge is 0.368 e. The van der Waals surface area contributed by atoms with Crippen LogP contribution in [0.15, 0.2) is 0 Å².